The van der Waals surface area contributed by atoms with Gasteiger partial charge in [0.15, 0.2) is 17.5 Å². The molecule has 7 heteroatoms. The number of rotatable bonds is 10. The van der Waals surface area contributed by atoms with Crippen molar-refractivity contribution in [3.63, 3.8) is 0 Å². The van der Waals surface area contributed by atoms with Crippen LogP contribution in [-0.2, 0) is 32.5 Å². The van der Waals surface area contributed by atoms with Crippen LogP contribution in [0.4, 0.5) is 34.1 Å². The summed E-state index contributed by atoms with van der Waals surface area (Å²) in [5.74, 6) is 1.78. The van der Waals surface area contributed by atoms with Crippen LogP contribution in [0.3, 0.4) is 0 Å². The highest BCUT2D eigenvalue weighted by Gasteiger charge is 2.46. The molecule has 15 aromatic rings. The van der Waals surface area contributed by atoms with Crippen molar-refractivity contribution in [3.05, 3.63) is 318 Å². The molecule has 112 heavy (non-hydrogen) atoms. The third-order valence-corrected chi connectivity index (χ3v) is 23.3. The van der Waals surface area contributed by atoms with Gasteiger partial charge in [-0.15, -0.1) is 0 Å². The highest BCUT2D eigenvalue weighted by Crippen LogP contribution is 2.55. The maximum absolute atomic E-state index is 5.76. The Hall–Kier alpha value is -11.7. The smallest absolute Gasteiger partial charge is 0.252 e. The molecule has 0 atom stereocenters. The van der Waals surface area contributed by atoms with Gasteiger partial charge in [0.25, 0.3) is 6.71 Å². The van der Waals surface area contributed by atoms with Crippen molar-refractivity contribution in [2.45, 2.75) is 157 Å². The number of hydrogen-bond acceptors (Lipinski definition) is 5. The lowest BCUT2D eigenvalue weighted by Crippen LogP contribution is -2.61. The van der Waals surface area contributed by atoms with Crippen LogP contribution in [0.25, 0.3) is 106 Å². The molecular weight excluding hydrogens is 1360 g/mol. The zero-order valence-electron chi connectivity index (χ0n) is 68.4. The zero-order valence-corrected chi connectivity index (χ0v) is 68.4. The van der Waals surface area contributed by atoms with Gasteiger partial charge in [-0.25, -0.2) is 15.0 Å². The van der Waals surface area contributed by atoms with Crippen LogP contribution in [-0.4, -0.2) is 26.2 Å². The molecular formula is C105H101BN6. The van der Waals surface area contributed by atoms with Crippen molar-refractivity contribution in [2.75, 3.05) is 9.80 Å². The van der Waals surface area contributed by atoms with Crippen molar-refractivity contribution in [1.82, 2.24) is 19.5 Å². The van der Waals surface area contributed by atoms with Crippen molar-refractivity contribution in [2.24, 2.45) is 0 Å². The lowest BCUT2D eigenvalue weighted by Gasteiger charge is -2.46. The van der Waals surface area contributed by atoms with Gasteiger partial charge in [-0.05, 0) is 195 Å². The molecule has 0 spiro atoms. The van der Waals surface area contributed by atoms with Gasteiger partial charge < -0.3 is 14.4 Å². The Morgan fingerprint density at radius 3 is 1.12 bits per heavy atom. The Bertz CT molecular complexity index is 6010. The molecule has 4 heterocycles. The van der Waals surface area contributed by atoms with Gasteiger partial charge in [-0.3, -0.25) is 0 Å². The molecule has 0 aliphatic carbocycles. The minimum absolute atomic E-state index is 0.0646. The summed E-state index contributed by atoms with van der Waals surface area (Å²) in [6.45, 7) is 41.9. The van der Waals surface area contributed by atoms with Gasteiger partial charge in [0.2, 0.25) is 0 Å². The van der Waals surface area contributed by atoms with E-state index in [1.165, 1.54) is 71.6 Å². The third kappa shape index (κ3) is 13.2. The van der Waals surface area contributed by atoms with E-state index in [1.807, 2.05) is 0 Å². The highest BCUT2D eigenvalue weighted by atomic mass is 15.2. The van der Waals surface area contributed by atoms with E-state index in [-0.39, 0.29) is 39.2 Å². The van der Waals surface area contributed by atoms with Gasteiger partial charge in [-0.2, -0.15) is 0 Å². The minimum atomic E-state index is -0.371. The second kappa shape index (κ2) is 27.1. The van der Waals surface area contributed by atoms with E-state index in [9.17, 15) is 0 Å². The average Bonchev–Trinajstić information content (AvgIpc) is 0.700. The fraction of sp³-hybridized carbons (Fsp3) is 0.229. The number of hydrogen-bond donors (Lipinski definition) is 0. The summed E-state index contributed by atoms with van der Waals surface area (Å²) in [7, 11) is 0. The molecule has 2 aromatic heterocycles. The van der Waals surface area contributed by atoms with Crippen LogP contribution < -0.4 is 26.2 Å². The van der Waals surface area contributed by atoms with Crippen molar-refractivity contribution >= 4 is 79.0 Å². The monoisotopic (exact) mass is 1460 g/mol. The second-order valence-corrected chi connectivity index (χ2v) is 37.4. The molecule has 0 amide bonds. The second-order valence-electron chi connectivity index (χ2n) is 37.4. The number of anilines is 6. The first-order chi connectivity index (χ1) is 53.3. The van der Waals surface area contributed by atoms with Crippen LogP contribution in [0.1, 0.15) is 158 Å². The van der Waals surface area contributed by atoms with Gasteiger partial charge in [-0.1, -0.05) is 331 Å². The van der Waals surface area contributed by atoms with E-state index < -0.39 is 0 Å². The van der Waals surface area contributed by atoms with Gasteiger partial charge >= 0.3 is 0 Å². The Balaban J connectivity index is 1.05. The molecule has 0 saturated heterocycles. The summed E-state index contributed by atoms with van der Waals surface area (Å²) >= 11 is 0. The van der Waals surface area contributed by atoms with E-state index in [2.05, 4.69) is 424 Å². The van der Waals surface area contributed by atoms with Gasteiger partial charge in [0.05, 0.1) is 22.4 Å². The van der Waals surface area contributed by atoms with Crippen molar-refractivity contribution in [1.29, 1.82) is 0 Å². The summed E-state index contributed by atoms with van der Waals surface area (Å²) < 4.78 is 2.55. The van der Waals surface area contributed by atoms with Gasteiger partial charge in [0.1, 0.15) is 0 Å². The van der Waals surface area contributed by atoms with Crippen LogP contribution >= 0.6 is 0 Å². The Morgan fingerprint density at radius 2 is 0.634 bits per heavy atom. The lowest BCUT2D eigenvalue weighted by atomic mass is 9.33. The Morgan fingerprint density at radius 1 is 0.241 bits per heavy atom. The summed E-state index contributed by atoms with van der Waals surface area (Å²) in [6.07, 6.45) is 0. The Labute approximate surface area is 664 Å². The molecule has 0 radical (unpaired) electrons. The fourth-order valence-corrected chi connectivity index (χ4v) is 16.8. The fourth-order valence-electron chi connectivity index (χ4n) is 16.8. The summed E-state index contributed by atoms with van der Waals surface area (Å²) in [5.41, 5.74) is 31.8. The average molecular weight is 1460 g/mol. The molecule has 13 aromatic carbocycles. The number of fused-ring (bicyclic) bond motifs is 7. The van der Waals surface area contributed by atoms with E-state index in [0.29, 0.717) is 17.5 Å². The van der Waals surface area contributed by atoms with E-state index in [0.717, 1.165) is 101 Å². The number of aromatic nitrogens is 4. The first-order valence-electron chi connectivity index (χ1n) is 40.0. The quantitative estimate of drug-likeness (QED) is 0.128. The van der Waals surface area contributed by atoms with Crippen LogP contribution in [0.15, 0.2) is 285 Å². The SMILES string of the molecule is CC(C)(C)c1cc(-c2ccc3c(c2)N(c2c(-c4ccccc4)cc(C(C)(C)C)cc2-c2nc(-c4ccccc4)nc(-c4ccccc4)n2)c2cc(C(C)(C)C)cc4c2B3c2ccc(-n3c5ccc(C(C)(C)C)cc5c5cc(C(C)(C)C)ccc53)cc2N4c2ccc(-c3ccccc3)cc2-c2ccccc2)cc(C(C)(C)C)c1. The molecule has 17 rings (SSSR count). The molecule has 0 N–H and O–H groups in total. The van der Waals surface area contributed by atoms with Gasteiger partial charge in [0, 0.05) is 67.0 Å². The lowest BCUT2D eigenvalue weighted by molar-refractivity contribution is 0.569. The summed E-state index contributed by atoms with van der Waals surface area (Å²) in [5, 5.41) is 2.51. The minimum Gasteiger partial charge on any atom is -0.311 e. The molecule has 6 nitrogen and oxygen atoms in total. The first kappa shape index (κ1) is 73.2. The molecule has 554 valence electrons. The first-order valence-corrected chi connectivity index (χ1v) is 40.0. The molecule has 2 aliphatic rings. The topological polar surface area (TPSA) is 50.1 Å². The number of nitrogens with zero attached hydrogens (tertiary/aromatic N) is 6. The van der Waals surface area contributed by atoms with Crippen molar-refractivity contribution < 1.29 is 0 Å². The highest BCUT2D eigenvalue weighted by molar-refractivity contribution is 7.00. The number of benzene rings is 13. The van der Waals surface area contributed by atoms with Crippen LogP contribution in [0, 0.1) is 0 Å². The van der Waals surface area contributed by atoms with E-state index >= 15 is 0 Å². The Kier molecular flexibility index (Phi) is 17.7. The predicted molar refractivity (Wildman–Crippen MR) is 478 cm³/mol. The summed E-state index contributed by atoms with van der Waals surface area (Å²) in [4.78, 5) is 22.2. The normalized spacial score (nSPS) is 13.2. The molecule has 0 saturated carbocycles. The van der Waals surface area contributed by atoms with Crippen LogP contribution in [0.5, 0.6) is 0 Å². The van der Waals surface area contributed by atoms with E-state index in [4.69, 9.17) is 15.0 Å². The predicted octanol–water partition coefficient (Wildman–Crippen LogP) is 26.5. The zero-order chi connectivity index (χ0) is 78.3. The largest absolute Gasteiger partial charge is 0.311 e. The molecule has 2 aliphatic heterocycles. The maximum atomic E-state index is 5.76. The van der Waals surface area contributed by atoms with E-state index in [1.54, 1.807) is 0 Å². The summed E-state index contributed by atoms with van der Waals surface area (Å²) in [6, 6.07) is 108. The maximum Gasteiger partial charge on any atom is 0.252 e. The molecule has 0 unspecified atom stereocenters. The van der Waals surface area contributed by atoms with Crippen LogP contribution in [0.2, 0.25) is 0 Å². The third-order valence-electron chi connectivity index (χ3n) is 23.3. The van der Waals surface area contributed by atoms with Crippen molar-refractivity contribution in [3.8, 4) is 84.4 Å². The molecule has 0 bridgehead atoms. The standard InChI is InChI=1S/C105H101BN6/c1-100(2,3)74-46-52-89-83(59-74)84-60-75(101(4,5)6)47-53-90(84)110(89)80-48-50-87-92(65-80)111(88-51-45-71(66-34-24-19-25-35-66)56-81(88)67-36-26-20-27-37-67)93-63-79(105(16,17)18)64-94-95(93)106(87)86-49-44-72(73-54-76(102(7,8)9)58-77(55-73)103(10,11)12)57-91(86)112(94)96-82(68-38-28-21-29-39-68)61-78(104(13,14)15)62-85(96)99-108-97(69-40-30-22-31-41-69)107-98(109-99)70-42-32-23-33-43-70/h19-65H,1-18H3. The molecule has 0 fully saturated rings.